The van der Waals surface area contributed by atoms with Gasteiger partial charge in [0.1, 0.15) is 0 Å². The van der Waals surface area contributed by atoms with Crippen LogP contribution >= 0.6 is 0 Å². The fraction of sp³-hybridized carbons (Fsp3) is 0.500. The number of carbonyl (C=O) groups excluding carboxylic acids is 1. The number of benzene rings is 1. The molecule has 0 aromatic heterocycles. The molecule has 0 saturated carbocycles. The molecule has 0 radical (unpaired) electrons. The highest BCUT2D eigenvalue weighted by atomic mass is 16.2. The van der Waals surface area contributed by atoms with Crippen LogP contribution in [0.25, 0.3) is 0 Å². The van der Waals surface area contributed by atoms with Gasteiger partial charge in [-0.25, -0.2) is 0 Å². The lowest BCUT2D eigenvalue weighted by atomic mass is 9.86. The number of nitrogens with zero attached hydrogens (tertiary/aromatic N) is 3. The largest absolute Gasteiger partial charge is 0.342 e. The molecule has 5 nitrogen and oxygen atoms in total. The van der Waals surface area contributed by atoms with Crippen molar-refractivity contribution in [3.05, 3.63) is 35.9 Å². The van der Waals surface area contributed by atoms with Gasteiger partial charge in [0.15, 0.2) is 0 Å². The Balaban J connectivity index is 1.52. The second-order valence-electron chi connectivity index (χ2n) is 6.70. The van der Waals surface area contributed by atoms with Gasteiger partial charge in [-0.05, 0) is 25.3 Å². The number of nitrogens with two attached hydrogens (primary N) is 1. The average molecular weight is 312 g/mol. The number of rotatable bonds is 6. The number of hydrogen-bond donors (Lipinski definition) is 1. The van der Waals surface area contributed by atoms with Crippen LogP contribution in [-0.4, -0.2) is 40.9 Å². The minimum Gasteiger partial charge on any atom is -0.342 e. The topological polar surface area (TPSA) is 71.0 Å². The minimum atomic E-state index is -0.490. The smallest absolute Gasteiger partial charge is 0.222 e. The first-order valence-electron chi connectivity index (χ1n) is 8.28. The summed E-state index contributed by atoms with van der Waals surface area (Å²) in [5, 5.41) is 8.62. The van der Waals surface area contributed by atoms with Crippen molar-refractivity contribution in [1.82, 2.24) is 4.90 Å². The zero-order chi connectivity index (χ0) is 16.3. The third-order valence-electron chi connectivity index (χ3n) is 4.60. The molecule has 1 saturated heterocycles. The summed E-state index contributed by atoms with van der Waals surface area (Å²) in [5.74, 6) is 0.262. The highest BCUT2D eigenvalue weighted by Gasteiger charge is 2.30. The van der Waals surface area contributed by atoms with Gasteiger partial charge < -0.3 is 10.6 Å². The normalized spacial score (nSPS) is 20.4. The van der Waals surface area contributed by atoms with E-state index in [1.54, 1.807) is 0 Å². The molecule has 0 aliphatic carbocycles. The van der Waals surface area contributed by atoms with Gasteiger partial charge >= 0.3 is 0 Å². The van der Waals surface area contributed by atoms with Gasteiger partial charge in [0, 0.05) is 38.1 Å². The second kappa shape index (κ2) is 6.62. The molecule has 2 N–H and O–H groups in total. The lowest BCUT2D eigenvalue weighted by Crippen LogP contribution is -2.47. The zero-order valence-corrected chi connectivity index (χ0v) is 13.7. The Morgan fingerprint density at radius 1 is 1.26 bits per heavy atom. The molecular formula is C18H24N4O. The number of likely N-dealkylation sites (tertiary alicyclic amines) is 1. The van der Waals surface area contributed by atoms with Crippen LogP contribution in [0.4, 0.5) is 0 Å². The van der Waals surface area contributed by atoms with Crippen molar-refractivity contribution < 1.29 is 4.79 Å². The SMILES string of the molecule is C[C@@](N)(Cc1ccccc1)C1=NN=C(CCN2CCCC2=O)C1. The molecule has 1 aromatic rings. The minimum absolute atomic E-state index is 0.262. The van der Waals surface area contributed by atoms with E-state index >= 15 is 0 Å². The lowest BCUT2D eigenvalue weighted by molar-refractivity contribution is -0.127. The van der Waals surface area contributed by atoms with Gasteiger partial charge in [0.05, 0.1) is 11.3 Å². The van der Waals surface area contributed by atoms with Crippen LogP contribution < -0.4 is 5.73 Å². The summed E-state index contributed by atoms with van der Waals surface area (Å²) in [7, 11) is 0. The highest BCUT2D eigenvalue weighted by molar-refractivity contribution is 6.11. The van der Waals surface area contributed by atoms with E-state index in [2.05, 4.69) is 22.3 Å². The lowest BCUT2D eigenvalue weighted by Gasteiger charge is -2.24. The Hall–Kier alpha value is -2.01. The quantitative estimate of drug-likeness (QED) is 0.874. The van der Waals surface area contributed by atoms with E-state index in [1.165, 1.54) is 5.56 Å². The van der Waals surface area contributed by atoms with Crippen LogP contribution in [0.2, 0.25) is 0 Å². The maximum Gasteiger partial charge on any atom is 0.222 e. The standard InChI is InChI=1S/C18H24N4O/c1-18(19,13-14-6-3-2-4-7-14)16-12-15(20-21-16)9-11-22-10-5-8-17(22)23/h2-4,6-7H,5,8-13,19H2,1H3/t18-/m1/s1. The Bertz CT molecular complexity index is 634. The molecule has 1 amide bonds. The summed E-state index contributed by atoms with van der Waals surface area (Å²) in [6.45, 7) is 3.64. The number of carbonyl (C=O) groups is 1. The molecule has 23 heavy (non-hydrogen) atoms. The molecule has 5 heteroatoms. The zero-order valence-electron chi connectivity index (χ0n) is 13.7. The molecule has 3 rings (SSSR count). The fourth-order valence-electron chi connectivity index (χ4n) is 3.18. The Morgan fingerprint density at radius 3 is 2.74 bits per heavy atom. The summed E-state index contributed by atoms with van der Waals surface area (Å²) in [5.41, 5.74) is 9.17. The molecule has 0 unspecified atom stereocenters. The van der Waals surface area contributed by atoms with Crippen molar-refractivity contribution in [1.29, 1.82) is 0 Å². The van der Waals surface area contributed by atoms with Crippen LogP contribution in [0.1, 0.15) is 38.2 Å². The van der Waals surface area contributed by atoms with Gasteiger partial charge in [-0.3, -0.25) is 4.79 Å². The van der Waals surface area contributed by atoms with Crippen molar-refractivity contribution in [3.8, 4) is 0 Å². The fourth-order valence-corrected chi connectivity index (χ4v) is 3.18. The van der Waals surface area contributed by atoms with E-state index in [0.29, 0.717) is 6.42 Å². The first-order chi connectivity index (χ1) is 11.0. The summed E-state index contributed by atoms with van der Waals surface area (Å²) < 4.78 is 0. The Morgan fingerprint density at radius 2 is 2.04 bits per heavy atom. The van der Waals surface area contributed by atoms with Gasteiger partial charge in [-0.15, -0.1) is 0 Å². The summed E-state index contributed by atoms with van der Waals surface area (Å²) in [6.07, 6.45) is 3.93. The highest BCUT2D eigenvalue weighted by Crippen LogP contribution is 2.20. The third kappa shape index (κ3) is 3.85. The van der Waals surface area contributed by atoms with Crippen LogP contribution in [0.15, 0.2) is 40.5 Å². The van der Waals surface area contributed by atoms with Crippen molar-refractivity contribution in [2.75, 3.05) is 13.1 Å². The first kappa shape index (κ1) is 15.9. The van der Waals surface area contributed by atoms with Crippen LogP contribution in [0, 0.1) is 0 Å². The van der Waals surface area contributed by atoms with Gasteiger partial charge in [0.25, 0.3) is 0 Å². The van der Waals surface area contributed by atoms with Crippen LogP contribution in [-0.2, 0) is 11.2 Å². The van der Waals surface area contributed by atoms with Gasteiger partial charge in [-0.2, -0.15) is 10.2 Å². The van der Waals surface area contributed by atoms with E-state index in [9.17, 15) is 4.79 Å². The van der Waals surface area contributed by atoms with E-state index < -0.39 is 5.54 Å². The van der Waals surface area contributed by atoms with Gasteiger partial charge in [0.2, 0.25) is 5.91 Å². The van der Waals surface area contributed by atoms with Crippen molar-refractivity contribution in [2.45, 2.75) is 44.6 Å². The predicted molar refractivity (Wildman–Crippen MR) is 92.7 cm³/mol. The molecule has 1 aromatic carbocycles. The van der Waals surface area contributed by atoms with E-state index in [1.807, 2.05) is 30.0 Å². The molecular weight excluding hydrogens is 288 g/mol. The molecule has 2 aliphatic heterocycles. The van der Waals surface area contributed by atoms with E-state index in [0.717, 1.165) is 50.2 Å². The third-order valence-corrected chi connectivity index (χ3v) is 4.60. The molecule has 2 aliphatic rings. The molecule has 1 atom stereocenters. The van der Waals surface area contributed by atoms with Gasteiger partial charge in [-0.1, -0.05) is 30.3 Å². The Labute approximate surface area is 137 Å². The molecule has 0 spiro atoms. The summed E-state index contributed by atoms with van der Waals surface area (Å²) >= 11 is 0. The maximum absolute atomic E-state index is 11.6. The average Bonchev–Trinajstić information content (AvgIpc) is 3.15. The number of hydrogen-bond acceptors (Lipinski definition) is 4. The van der Waals surface area contributed by atoms with Crippen molar-refractivity contribution in [3.63, 3.8) is 0 Å². The van der Waals surface area contributed by atoms with Crippen LogP contribution in [0.5, 0.6) is 0 Å². The predicted octanol–water partition coefficient (Wildman–Crippen LogP) is 2.16. The van der Waals surface area contributed by atoms with Crippen molar-refractivity contribution in [2.24, 2.45) is 15.9 Å². The maximum atomic E-state index is 11.6. The molecule has 1 fully saturated rings. The molecule has 2 heterocycles. The first-order valence-corrected chi connectivity index (χ1v) is 8.28. The van der Waals surface area contributed by atoms with E-state index in [-0.39, 0.29) is 5.91 Å². The van der Waals surface area contributed by atoms with E-state index in [4.69, 9.17) is 5.73 Å². The molecule has 0 bridgehead atoms. The Kier molecular flexibility index (Phi) is 4.57. The van der Waals surface area contributed by atoms with Crippen LogP contribution in [0.3, 0.4) is 0 Å². The second-order valence-corrected chi connectivity index (χ2v) is 6.70. The number of amides is 1. The molecule has 122 valence electrons. The summed E-state index contributed by atoms with van der Waals surface area (Å²) in [4.78, 5) is 13.6. The van der Waals surface area contributed by atoms with Crippen molar-refractivity contribution >= 4 is 17.3 Å². The summed E-state index contributed by atoms with van der Waals surface area (Å²) in [6, 6.07) is 10.2. The monoisotopic (exact) mass is 312 g/mol.